The monoisotopic (exact) mass is 455 g/mol. The van der Waals surface area contributed by atoms with Crippen molar-refractivity contribution in [2.75, 3.05) is 40.3 Å². The fourth-order valence-electron chi connectivity index (χ4n) is 5.11. The van der Waals surface area contributed by atoms with Gasteiger partial charge in [0.1, 0.15) is 6.04 Å². The van der Waals surface area contributed by atoms with E-state index in [0.717, 1.165) is 0 Å². The molecule has 2 saturated heterocycles. The fraction of sp³-hybridized carbons (Fsp3) is 0.667. The molecule has 0 radical (unpaired) electrons. The summed E-state index contributed by atoms with van der Waals surface area (Å²) in [6.07, 6.45) is 3.49. The zero-order valence-corrected chi connectivity index (χ0v) is 20.6. The minimum Gasteiger partial charge on any atom is -0.335 e. The summed E-state index contributed by atoms with van der Waals surface area (Å²) in [7, 11) is 3.81. The Hall–Kier alpha value is -2.72. The molecule has 0 aliphatic carbocycles. The van der Waals surface area contributed by atoms with Gasteiger partial charge in [-0.3, -0.25) is 14.5 Å². The van der Waals surface area contributed by atoms with Gasteiger partial charge in [0, 0.05) is 51.4 Å². The van der Waals surface area contributed by atoms with Gasteiger partial charge in [-0.05, 0) is 39.3 Å². The lowest BCUT2D eigenvalue weighted by Crippen LogP contribution is -2.68. The number of nitrogens with zero attached hydrogens (tertiary/aromatic N) is 7. The average Bonchev–Trinajstić information content (AvgIpc) is 2.77. The van der Waals surface area contributed by atoms with E-state index in [0.29, 0.717) is 32.6 Å². The molecule has 2 rings (SSSR count). The summed E-state index contributed by atoms with van der Waals surface area (Å²) in [4.78, 5) is 30.9. The summed E-state index contributed by atoms with van der Waals surface area (Å²) in [5, 5.41) is 23.1. The van der Waals surface area contributed by atoms with Crippen LogP contribution in [-0.4, -0.2) is 107 Å². The first-order valence-electron chi connectivity index (χ1n) is 11.3. The maximum absolute atomic E-state index is 12.7. The van der Waals surface area contributed by atoms with Crippen LogP contribution in [0.3, 0.4) is 0 Å². The summed E-state index contributed by atoms with van der Waals surface area (Å²) in [6, 6.07) is 3.73. The summed E-state index contributed by atoms with van der Waals surface area (Å²) < 4.78 is 0. The number of amides is 2. The zero-order valence-electron chi connectivity index (χ0n) is 20.6. The highest BCUT2D eigenvalue weighted by atomic mass is 16.2. The molecule has 0 N–H and O–H groups in total. The zero-order chi connectivity index (χ0) is 24.9. The third-order valence-corrected chi connectivity index (χ3v) is 6.50. The largest absolute Gasteiger partial charge is 0.335 e. The van der Waals surface area contributed by atoms with Crippen molar-refractivity contribution in [3.63, 3.8) is 0 Å². The Labute approximate surface area is 198 Å². The molecule has 2 fully saturated rings. The second-order valence-corrected chi connectivity index (χ2v) is 9.90. The number of hydrogen-bond acceptors (Lipinski definition) is 7. The second kappa shape index (κ2) is 10.9. The number of rotatable bonds is 6. The van der Waals surface area contributed by atoms with Gasteiger partial charge in [0.2, 0.25) is 11.8 Å². The first kappa shape index (κ1) is 26.5. The Bertz CT molecular complexity index is 835. The number of carbonyl (C=O) groups excluding carboxylic acids is 2. The third-order valence-electron chi connectivity index (χ3n) is 6.50. The maximum Gasteiger partial charge on any atom is 0.246 e. The van der Waals surface area contributed by atoms with Crippen molar-refractivity contribution >= 4 is 11.8 Å². The number of piperazine rings is 2. The van der Waals surface area contributed by atoms with E-state index >= 15 is 0 Å². The van der Waals surface area contributed by atoms with Gasteiger partial charge in [-0.2, -0.15) is 10.5 Å². The molecule has 2 aliphatic rings. The second-order valence-electron chi connectivity index (χ2n) is 9.90. The molecule has 2 aliphatic heterocycles. The average molecular weight is 456 g/mol. The minimum atomic E-state index is -0.480. The molecule has 0 saturated carbocycles. The molecule has 9 heteroatoms. The van der Waals surface area contributed by atoms with Crippen LogP contribution in [0.1, 0.15) is 33.6 Å². The number of nitriles is 2. The normalized spacial score (nSPS) is 27.0. The molecule has 0 aromatic heterocycles. The van der Waals surface area contributed by atoms with Crippen molar-refractivity contribution in [2.45, 2.75) is 63.3 Å². The number of hydrazine groups is 1. The van der Waals surface area contributed by atoms with Gasteiger partial charge in [-0.15, -0.1) is 0 Å². The predicted octanol–water partition coefficient (Wildman–Crippen LogP) is 1.22. The van der Waals surface area contributed by atoms with E-state index in [1.54, 1.807) is 9.80 Å². The molecule has 2 amide bonds. The molecule has 0 aromatic carbocycles. The van der Waals surface area contributed by atoms with Crippen molar-refractivity contribution in [2.24, 2.45) is 0 Å². The van der Waals surface area contributed by atoms with E-state index in [-0.39, 0.29) is 41.9 Å². The SMILES string of the molecule is C=CC(=O)N1CC(C[C@H]2CN(C(=O)C=C)[C@@H](CC#N)CN2C(C)(C)C)N(N(C)C)[C@@H](C#N)C1. The van der Waals surface area contributed by atoms with Crippen LogP contribution in [0.5, 0.6) is 0 Å². The molecule has 4 atom stereocenters. The third kappa shape index (κ3) is 6.00. The Balaban J connectivity index is 2.42. The first-order chi connectivity index (χ1) is 15.5. The van der Waals surface area contributed by atoms with E-state index in [1.165, 1.54) is 12.2 Å². The summed E-state index contributed by atoms with van der Waals surface area (Å²) >= 11 is 0. The van der Waals surface area contributed by atoms with Crippen LogP contribution in [-0.2, 0) is 9.59 Å². The quantitative estimate of drug-likeness (QED) is 0.556. The highest BCUT2D eigenvalue weighted by Gasteiger charge is 2.44. The van der Waals surface area contributed by atoms with E-state index in [1.807, 2.05) is 24.1 Å². The molecule has 2 heterocycles. The molecule has 33 heavy (non-hydrogen) atoms. The molecule has 0 bridgehead atoms. The fourth-order valence-corrected chi connectivity index (χ4v) is 5.11. The van der Waals surface area contributed by atoms with Gasteiger partial charge in [-0.25, -0.2) is 10.0 Å². The topological polar surface area (TPSA) is 97.9 Å². The van der Waals surface area contributed by atoms with Crippen LogP contribution in [0.2, 0.25) is 0 Å². The summed E-state index contributed by atoms with van der Waals surface area (Å²) in [5.41, 5.74) is -0.190. The maximum atomic E-state index is 12.7. The molecule has 0 spiro atoms. The smallest absolute Gasteiger partial charge is 0.246 e. The Morgan fingerprint density at radius 2 is 1.64 bits per heavy atom. The van der Waals surface area contributed by atoms with E-state index in [4.69, 9.17) is 0 Å². The van der Waals surface area contributed by atoms with E-state index < -0.39 is 6.04 Å². The van der Waals surface area contributed by atoms with Gasteiger partial charge in [0.15, 0.2) is 0 Å². The minimum absolute atomic E-state index is 0.0191. The van der Waals surface area contributed by atoms with Gasteiger partial charge < -0.3 is 9.80 Å². The van der Waals surface area contributed by atoms with Gasteiger partial charge in [0.05, 0.1) is 31.1 Å². The standard InChI is InChI=1S/C24H37N7O2/c1-8-22(32)28-14-20(31(27(6)7)21(13-26)15-28)12-19-16-29(23(33)9-2)18(10-11-25)17-30(19)24(3,4)5/h8-9,18-21H,1-2,10,12,14-17H2,3-7H3/t18-,19-,20?,21-/m0/s1. The predicted molar refractivity (Wildman–Crippen MR) is 126 cm³/mol. The van der Waals surface area contributed by atoms with Gasteiger partial charge in [0.25, 0.3) is 0 Å². The Kier molecular flexibility index (Phi) is 8.79. The molecule has 180 valence electrons. The van der Waals surface area contributed by atoms with Crippen molar-refractivity contribution < 1.29 is 9.59 Å². The molecule has 1 unspecified atom stereocenters. The summed E-state index contributed by atoms with van der Waals surface area (Å²) in [5.74, 6) is -0.368. The lowest BCUT2D eigenvalue weighted by atomic mass is 9.91. The lowest BCUT2D eigenvalue weighted by molar-refractivity contribution is -0.143. The van der Waals surface area contributed by atoms with Crippen molar-refractivity contribution in [1.29, 1.82) is 10.5 Å². The molecular formula is C24H37N7O2. The van der Waals surface area contributed by atoms with Gasteiger partial charge in [-0.1, -0.05) is 13.2 Å². The lowest BCUT2D eigenvalue weighted by Gasteiger charge is -2.54. The van der Waals surface area contributed by atoms with Crippen LogP contribution in [0.25, 0.3) is 0 Å². The van der Waals surface area contributed by atoms with Crippen molar-refractivity contribution in [1.82, 2.24) is 24.7 Å². The van der Waals surface area contributed by atoms with E-state index in [2.05, 4.69) is 51.0 Å². The van der Waals surface area contributed by atoms with Crippen LogP contribution in [0, 0.1) is 22.7 Å². The van der Waals surface area contributed by atoms with Gasteiger partial charge >= 0.3 is 0 Å². The molecule has 9 nitrogen and oxygen atoms in total. The number of hydrogen-bond donors (Lipinski definition) is 0. The van der Waals surface area contributed by atoms with Crippen LogP contribution >= 0.6 is 0 Å². The highest BCUT2D eigenvalue weighted by molar-refractivity contribution is 5.87. The highest BCUT2D eigenvalue weighted by Crippen LogP contribution is 2.31. The van der Waals surface area contributed by atoms with Crippen LogP contribution in [0.15, 0.2) is 25.3 Å². The molecule has 0 aromatic rings. The van der Waals surface area contributed by atoms with E-state index in [9.17, 15) is 20.1 Å². The Morgan fingerprint density at radius 1 is 1.00 bits per heavy atom. The van der Waals surface area contributed by atoms with Crippen molar-refractivity contribution in [3.8, 4) is 12.1 Å². The van der Waals surface area contributed by atoms with Crippen LogP contribution < -0.4 is 0 Å². The molecular weight excluding hydrogens is 418 g/mol. The Morgan fingerprint density at radius 3 is 2.12 bits per heavy atom. The van der Waals surface area contributed by atoms with Crippen LogP contribution in [0.4, 0.5) is 0 Å². The first-order valence-corrected chi connectivity index (χ1v) is 11.3. The van der Waals surface area contributed by atoms with Crippen molar-refractivity contribution in [3.05, 3.63) is 25.3 Å². The summed E-state index contributed by atoms with van der Waals surface area (Å²) in [6.45, 7) is 15.4. The number of carbonyl (C=O) groups is 2.